The van der Waals surface area contributed by atoms with E-state index in [2.05, 4.69) is 22.4 Å². The molecule has 24 heavy (non-hydrogen) atoms. The topological polar surface area (TPSA) is 54.9 Å². The number of nitrogens with zero attached hydrogens (tertiary/aromatic N) is 2. The molecule has 1 heterocycles. The van der Waals surface area contributed by atoms with E-state index in [1.165, 1.54) is 35.2 Å². The molecule has 0 aliphatic heterocycles. The molecule has 0 unspecified atom stereocenters. The summed E-state index contributed by atoms with van der Waals surface area (Å²) in [6.45, 7) is 4.15. The first-order valence-corrected chi connectivity index (χ1v) is 9.94. The third-order valence-electron chi connectivity index (χ3n) is 3.66. The fourth-order valence-corrected chi connectivity index (χ4v) is 3.97. The zero-order valence-electron chi connectivity index (χ0n) is 13.9. The van der Waals surface area contributed by atoms with Crippen molar-refractivity contribution in [2.24, 2.45) is 5.92 Å². The molecule has 2 aromatic rings. The minimum Gasteiger partial charge on any atom is -0.300 e. The third kappa shape index (κ3) is 5.87. The normalized spacial score (nSPS) is 12.1. The Hall–Kier alpha value is -1.47. The van der Waals surface area contributed by atoms with Crippen molar-refractivity contribution in [3.63, 3.8) is 0 Å². The van der Waals surface area contributed by atoms with Gasteiger partial charge in [-0.05, 0) is 30.5 Å². The third-order valence-corrected chi connectivity index (χ3v) is 5.70. The van der Waals surface area contributed by atoms with Gasteiger partial charge in [-0.1, -0.05) is 61.9 Å². The monoisotopic (exact) mass is 367 g/mol. The van der Waals surface area contributed by atoms with Crippen molar-refractivity contribution < 1.29 is 9.18 Å². The molecule has 1 aromatic carbocycles. The highest BCUT2D eigenvalue weighted by molar-refractivity contribution is 8.00. The van der Waals surface area contributed by atoms with Gasteiger partial charge in [0.15, 0.2) is 4.34 Å². The number of aromatic nitrogens is 2. The second-order valence-electron chi connectivity index (χ2n) is 5.53. The lowest BCUT2D eigenvalue weighted by atomic mass is 9.99. The van der Waals surface area contributed by atoms with Crippen LogP contribution in [0.3, 0.4) is 0 Å². The Morgan fingerprint density at radius 3 is 2.92 bits per heavy atom. The van der Waals surface area contributed by atoms with Gasteiger partial charge >= 0.3 is 0 Å². The number of hydrogen-bond donors (Lipinski definition) is 1. The average molecular weight is 368 g/mol. The minimum absolute atomic E-state index is 0.0174. The summed E-state index contributed by atoms with van der Waals surface area (Å²) in [5.74, 6) is 0.422. The molecule has 2 rings (SSSR count). The molecule has 0 spiro atoms. The van der Waals surface area contributed by atoms with Crippen LogP contribution in [-0.2, 0) is 10.5 Å². The van der Waals surface area contributed by atoms with Crippen LogP contribution in [0.1, 0.15) is 45.1 Å². The number of hydrogen-bond acceptors (Lipinski definition) is 5. The summed E-state index contributed by atoms with van der Waals surface area (Å²) in [7, 11) is 0. The molecule has 0 radical (unpaired) electrons. The van der Waals surface area contributed by atoms with Gasteiger partial charge in [0, 0.05) is 11.7 Å². The van der Waals surface area contributed by atoms with Crippen molar-refractivity contribution in [2.75, 3.05) is 5.32 Å². The molecule has 1 aromatic heterocycles. The van der Waals surface area contributed by atoms with Crippen LogP contribution in [0.2, 0.25) is 0 Å². The second-order valence-corrected chi connectivity index (χ2v) is 7.73. The molecule has 0 saturated heterocycles. The standard InChI is InChI=1S/C17H22FN3OS2/c1-3-5-8-13(4-2)15(22)19-16-20-21-17(24-16)23-11-12-7-6-9-14(18)10-12/h6-7,9-10,13H,3-5,8,11H2,1-2H3,(H,19,20,22)/t13-/m1/s1. The van der Waals surface area contributed by atoms with Crippen molar-refractivity contribution in [1.29, 1.82) is 0 Å². The van der Waals surface area contributed by atoms with Gasteiger partial charge in [0.2, 0.25) is 11.0 Å². The SMILES string of the molecule is CCCC[C@@H](CC)C(=O)Nc1nnc(SCc2cccc(F)c2)s1. The maximum Gasteiger partial charge on any atom is 0.229 e. The van der Waals surface area contributed by atoms with Crippen molar-refractivity contribution in [3.05, 3.63) is 35.6 Å². The van der Waals surface area contributed by atoms with Crippen molar-refractivity contribution in [3.8, 4) is 0 Å². The number of anilines is 1. The first-order chi connectivity index (χ1) is 11.6. The quantitative estimate of drug-likeness (QED) is 0.493. The van der Waals surface area contributed by atoms with E-state index in [1.54, 1.807) is 6.07 Å². The molecular formula is C17H22FN3OS2. The Kier molecular flexibility index (Phi) is 7.65. The molecule has 7 heteroatoms. The molecule has 0 bridgehead atoms. The van der Waals surface area contributed by atoms with E-state index >= 15 is 0 Å². The molecule has 4 nitrogen and oxygen atoms in total. The summed E-state index contributed by atoms with van der Waals surface area (Å²) < 4.78 is 13.9. The number of unbranched alkanes of at least 4 members (excludes halogenated alkanes) is 1. The summed E-state index contributed by atoms with van der Waals surface area (Å²) in [6.07, 6.45) is 3.87. The molecule has 0 aliphatic rings. The minimum atomic E-state index is -0.240. The first-order valence-electron chi connectivity index (χ1n) is 8.14. The van der Waals surface area contributed by atoms with Gasteiger partial charge in [-0.2, -0.15) is 0 Å². The van der Waals surface area contributed by atoms with Gasteiger partial charge in [0.05, 0.1) is 0 Å². The van der Waals surface area contributed by atoms with Gasteiger partial charge in [0.25, 0.3) is 0 Å². The van der Waals surface area contributed by atoms with Crippen LogP contribution in [-0.4, -0.2) is 16.1 Å². The van der Waals surface area contributed by atoms with Gasteiger partial charge in [-0.15, -0.1) is 10.2 Å². The molecule has 1 atom stereocenters. The van der Waals surface area contributed by atoms with Crippen molar-refractivity contribution >= 4 is 34.1 Å². The summed E-state index contributed by atoms with van der Waals surface area (Å²) in [5.41, 5.74) is 0.895. The Balaban J connectivity index is 1.87. The van der Waals surface area contributed by atoms with E-state index < -0.39 is 0 Å². The van der Waals surface area contributed by atoms with E-state index in [1.807, 2.05) is 13.0 Å². The number of carbonyl (C=O) groups is 1. The summed E-state index contributed by atoms with van der Waals surface area (Å²) in [5, 5.41) is 11.5. The number of nitrogens with one attached hydrogen (secondary N) is 1. The highest BCUT2D eigenvalue weighted by Crippen LogP contribution is 2.29. The number of benzene rings is 1. The smallest absolute Gasteiger partial charge is 0.229 e. The Morgan fingerprint density at radius 2 is 2.21 bits per heavy atom. The van der Waals surface area contributed by atoms with Crippen LogP contribution in [0.25, 0.3) is 0 Å². The largest absolute Gasteiger partial charge is 0.300 e. The lowest BCUT2D eigenvalue weighted by Gasteiger charge is -2.12. The highest BCUT2D eigenvalue weighted by atomic mass is 32.2. The fourth-order valence-electron chi connectivity index (χ4n) is 2.27. The average Bonchev–Trinajstić information content (AvgIpc) is 3.01. The summed E-state index contributed by atoms with van der Waals surface area (Å²) >= 11 is 2.84. The van der Waals surface area contributed by atoms with Crippen LogP contribution in [0, 0.1) is 11.7 Å². The molecule has 0 saturated carbocycles. The van der Waals surface area contributed by atoms with Crippen LogP contribution >= 0.6 is 23.1 Å². The number of amides is 1. The van der Waals surface area contributed by atoms with Gasteiger partial charge in [-0.25, -0.2) is 4.39 Å². The summed E-state index contributed by atoms with van der Waals surface area (Å²) in [6, 6.07) is 6.50. The van der Waals surface area contributed by atoms with Crippen LogP contribution in [0.15, 0.2) is 28.6 Å². The van der Waals surface area contributed by atoms with Crippen molar-refractivity contribution in [2.45, 2.75) is 49.6 Å². The predicted octanol–water partition coefficient (Wildman–Crippen LogP) is 5.12. The van der Waals surface area contributed by atoms with E-state index in [0.717, 1.165) is 35.6 Å². The molecule has 0 fully saturated rings. The van der Waals surface area contributed by atoms with Crippen LogP contribution in [0.4, 0.5) is 9.52 Å². The predicted molar refractivity (Wildman–Crippen MR) is 97.8 cm³/mol. The zero-order valence-corrected chi connectivity index (χ0v) is 15.6. The lowest BCUT2D eigenvalue weighted by molar-refractivity contribution is -0.120. The molecule has 1 amide bonds. The van der Waals surface area contributed by atoms with Crippen molar-refractivity contribution in [1.82, 2.24) is 10.2 Å². The second kappa shape index (κ2) is 9.74. The molecule has 0 aliphatic carbocycles. The molecule has 1 N–H and O–H groups in total. The Morgan fingerprint density at radius 1 is 1.38 bits per heavy atom. The Labute approximate surface area is 150 Å². The van der Waals surface area contributed by atoms with Crippen LogP contribution in [0.5, 0.6) is 0 Å². The first kappa shape index (κ1) is 18.9. The van der Waals surface area contributed by atoms with E-state index in [-0.39, 0.29) is 17.6 Å². The summed E-state index contributed by atoms with van der Waals surface area (Å²) in [4.78, 5) is 12.3. The maximum atomic E-state index is 13.2. The Bertz CT molecular complexity index is 663. The van der Waals surface area contributed by atoms with Gasteiger partial charge in [-0.3, -0.25) is 4.79 Å². The van der Waals surface area contributed by atoms with E-state index in [4.69, 9.17) is 0 Å². The van der Waals surface area contributed by atoms with E-state index in [0.29, 0.717) is 10.9 Å². The number of halogens is 1. The van der Waals surface area contributed by atoms with Gasteiger partial charge in [0.1, 0.15) is 5.82 Å². The van der Waals surface area contributed by atoms with Gasteiger partial charge < -0.3 is 5.32 Å². The zero-order chi connectivity index (χ0) is 17.4. The lowest BCUT2D eigenvalue weighted by Crippen LogP contribution is -2.22. The number of carbonyl (C=O) groups excluding carboxylic acids is 1. The van der Waals surface area contributed by atoms with Crippen LogP contribution < -0.4 is 5.32 Å². The fraction of sp³-hybridized carbons (Fsp3) is 0.471. The van der Waals surface area contributed by atoms with E-state index in [9.17, 15) is 9.18 Å². The highest BCUT2D eigenvalue weighted by Gasteiger charge is 2.17. The molecular weight excluding hydrogens is 345 g/mol. The maximum absolute atomic E-state index is 13.2. The molecule has 130 valence electrons. The number of rotatable bonds is 9. The number of thioether (sulfide) groups is 1.